The van der Waals surface area contributed by atoms with Crippen LogP contribution in [0.25, 0.3) is 16.5 Å². The fourth-order valence-corrected chi connectivity index (χ4v) is 3.87. The Bertz CT molecular complexity index is 662. The van der Waals surface area contributed by atoms with Gasteiger partial charge in [-0.3, -0.25) is 4.90 Å². The highest BCUT2D eigenvalue weighted by Crippen LogP contribution is 2.35. The minimum atomic E-state index is 0. The third-order valence-electron chi connectivity index (χ3n) is 4.52. The Morgan fingerprint density at radius 3 is 3.26 bits per heavy atom. The number of benzene rings is 1. The van der Waals surface area contributed by atoms with Gasteiger partial charge in [-0.15, -0.1) is 0 Å². The first kappa shape index (κ1) is 11.7. The Morgan fingerprint density at radius 2 is 2.32 bits per heavy atom. The van der Waals surface area contributed by atoms with Crippen molar-refractivity contribution in [2.45, 2.75) is 25.3 Å². The molecule has 0 saturated carbocycles. The summed E-state index contributed by atoms with van der Waals surface area (Å²) in [6, 6.07) is 7.24. The van der Waals surface area contributed by atoms with Crippen molar-refractivity contribution in [2.75, 3.05) is 13.1 Å². The molecule has 100 valence electrons. The van der Waals surface area contributed by atoms with Crippen LogP contribution < -0.4 is 0 Å². The summed E-state index contributed by atoms with van der Waals surface area (Å²) < 4.78 is 1.15. The molecule has 3 heteroatoms. The van der Waals surface area contributed by atoms with E-state index in [1.807, 2.05) is 0 Å². The van der Waals surface area contributed by atoms with Gasteiger partial charge in [0.15, 0.2) is 0 Å². The first-order valence-electron chi connectivity index (χ1n) is 7.01. The highest BCUT2D eigenvalue weighted by atomic mass is 79.9. The van der Waals surface area contributed by atoms with E-state index >= 15 is 0 Å². The maximum Gasteiger partial charge on any atom is 0.0461 e. The summed E-state index contributed by atoms with van der Waals surface area (Å²) in [7, 11) is 0. The molecule has 1 unspecified atom stereocenters. The van der Waals surface area contributed by atoms with E-state index in [1.54, 1.807) is 0 Å². The van der Waals surface area contributed by atoms with E-state index in [2.05, 4.69) is 56.3 Å². The average molecular weight is 319 g/mol. The number of halogens is 1. The summed E-state index contributed by atoms with van der Waals surface area (Å²) in [5.41, 5.74) is 4.14. The fourth-order valence-electron chi connectivity index (χ4n) is 3.51. The van der Waals surface area contributed by atoms with Gasteiger partial charge in [-0.05, 0) is 49.6 Å². The maximum atomic E-state index is 3.58. The monoisotopic (exact) mass is 318 g/mol. The number of hydrogen-bond donors (Lipinski definition) is 1. The second-order valence-electron chi connectivity index (χ2n) is 5.62. The van der Waals surface area contributed by atoms with Crippen molar-refractivity contribution in [3.05, 3.63) is 40.5 Å². The van der Waals surface area contributed by atoms with Crippen LogP contribution in [0.3, 0.4) is 0 Å². The zero-order valence-corrected chi connectivity index (χ0v) is 12.4. The van der Waals surface area contributed by atoms with Gasteiger partial charge in [0, 0.05) is 41.1 Å². The largest absolute Gasteiger partial charge is 0.361 e. The second kappa shape index (κ2) is 4.50. The third-order valence-corrected chi connectivity index (χ3v) is 5.01. The van der Waals surface area contributed by atoms with E-state index in [9.17, 15) is 0 Å². The van der Waals surface area contributed by atoms with E-state index in [1.165, 1.54) is 47.8 Å². The first-order chi connectivity index (χ1) is 9.31. The van der Waals surface area contributed by atoms with Crippen LogP contribution in [0.15, 0.2) is 34.9 Å². The molecule has 1 aromatic heterocycles. The highest BCUT2D eigenvalue weighted by molar-refractivity contribution is 9.10. The van der Waals surface area contributed by atoms with Crippen molar-refractivity contribution in [1.29, 1.82) is 0 Å². The predicted molar refractivity (Wildman–Crippen MR) is 85.3 cm³/mol. The number of H-pyrrole nitrogens is 1. The summed E-state index contributed by atoms with van der Waals surface area (Å²) in [4.78, 5) is 6.02. The molecule has 1 fully saturated rings. The Balaban J connectivity index is 0.00000121. The topological polar surface area (TPSA) is 19.0 Å². The molecule has 0 bridgehead atoms. The van der Waals surface area contributed by atoms with Crippen LogP contribution >= 0.6 is 15.9 Å². The molecule has 1 N–H and O–H groups in total. The lowest BCUT2D eigenvalue weighted by atomic mass is 9.94. The molecule has 0 radical (unpaired) electrons. The van der Waals surface area contributed by atoms with Gasteiger partial charge in [-0.1, -0.05) is 22.0 Å². The van der Waals surface area contributed by atoms with Gasteiger partial charge in [0.25, 0.3) is 0 Å². The van der Waals surface area contributed by atoms with Crippen LogP contribution in [0, 0.1) is 0 Å². The fraction of sp³-hybridized carbons (Fsp3) is 0.375. The van der Waals surface area contributed by atoms with E-state index in [4.69, 9.17) is 0 Å². The molecule has 1 atom stereocenters. The van der Waals surface area contributed by atoms with Crippen LogP contribution in [0.2, 0.25) is 0 Å². The molecule has 0 aliphatic carbocycles. The standard InChI is InChI=1S/C16H17BrN2.H2/c17-12-3-4-16-14(9-12)15(10-18-16)11-5-7-19-6-1-2-13(19)8-11;/h3-5,9-10,13,18H,1-2,6-8H2;1H. The van der Waals surface area contributed by atoms with Crippen LogP contribution in [0.4, 0.5) is 0 Å². The van der Waals surface area contributed by atoms with Crippen LogP contribution in [0.1, 0.15) is 26.3 Å². The molecule has 19 heavy (non-hydrogen) atoms. The maximum absolute atomic E-state index is 3.58. The van der Waals surface area contributed by atoms with Gasteiger partial charge in [0.05, 0.1) is 0 Å². The van der Waals surface area contributed by atoms with Crippen molar-refractivity contribution in [2.24, 2.45) is 0 Å². The van der Waals surface area contributed by atoms with Gasteiger partial charge >= 0.3 is 0 Å². The SMILES string of the molecule is Brc1ccc2[nH]cc(C3=CCN4CCCC4C3)c2c1.[HH]. The predicted octanol–water partition coefficient (Wildman–Crippen LogP) is 4.43. The zero-order chi connectivity index (χ0) is 12.8. The molecule has 0 spiro atoms. The molecular weight excluding hydrogens is 300 g/mol. The van der Waals surface area contributed by atoms with Crippen LogP contribution in [-0.4, -0.2) is 29.0 Å². The lowest BCUT2D eigenvalue weighted by Crippen LogP contribution is -2.32. The number of aromatic nitrogens is 1. The van der Waals surface area contributed by atoms with E-state index in [0.29, 0.717) is 0 Å². The van der Waals surface area contributed by atoms with Crippen molar-refractivity contribution < 1.29 is 1.43 Å². The zero-order valence-electron chi connectivity index (χ0n) is 10.8. The minimum Gasteiger partial charge on any atom is -0.361 e. The Hall–Kier alpha value is -1.06. The summed E-state index contributed by atoms with van der Waals surface area (Å²) in [6.07, 6.45) is 8.53. The van der Waals surface area contributed by atoms with Crippen molar-refractivity contribution in [1.82, 2.24) is 9.88 Å². The smallest absolute Gasteiger partial charge is 0.0461 e. The Kier molecular flexibility index (Phi) is 2.78. The van der Waals surface area contributed by atoms with Crippen molar-refractivity contribution in [3.63, 3.8) is 0 Å². The second-order valence-corrected chi connectivity index (χ2v) is 6.53. The summed E-state index contributed by atoms with van der Waals surface area (Å²) >= 11 is 3.58. The summed E-state index contributed by atoms with van der Waals surface area (Å²) in [5.74, 6) is 0. The molecular formula is C16H19BrN2. The van der Waals surface area contributed by atoms with Crippen molar-refractivity contribution >= 4 is 32.4 Å². The molecule has 2 aliphatic heterocycles. The lowest BCUT2D eigenvalue weighted by Gasteiger charge is -2.29. The van der Waals surface area contributed by atoms with Crippen molar-refractivity contribution in [3.8, 4) is 0 Å². The van der Waals surface area contributed by atoms with E-state index in [-0.39, 0.29) is 1.43 Å². The number of aromatic amines is 1. The summed E-state index contributed by atoms with van der Waals surface area (Å²) in [5, 5.41) is 1.34. The number of fused-ring (bicyclic) bond motifs is 2. The summed E-state index contributed by atoms with van der Waals surface area (Å²) in [6.45, 7) is 2.41. The molecule has 0 amide bonds. The first-order valence-corrected chi connectivity index (χ1v) is 7.80. The number of rotatable bonds is 1. The minimum absolute atomic E-state index is 0. The normalized spacial score (nSPS) is 23.6. The van der Waals surface area contributed by atoms with Gasteiger partial charge in [-0.2, -0.15) is 0 Å². The molecule has 4 rings (SSSR count). The van der Waals surface area contributed by atoms with Gasteiger partial charge < -0.3 is 4.98 Å². The quantitative estimate of drug-likeness (QED) is 0.824. The van der Waals surface area contributed by atoms with Crippen LogP contribution in [0.5, 0.6) is 0 Å². The average Bonchev–Trinajstić information content (AvgIpc) is 3.03. The van der Waals surface area contributed by atoms with Gasteiger partial charge in [0.1, 0.15) is 0 Å². The highest BCUT2D eigenvalue weighted by Gasteiger charge is 2.28. The Morgan fingerprint density at radius 1 is 1.37 bits per heavy atom. The molecule has 2 nitrogen and oxygen atoms in total. The molecule has 3 heterocycles. The Labute approximate surface area is 123 Å². The molecule has 2 aromatic rings. The molecule has 1 saturated heterocycles. The third kappa shape index (κ3) is 1.96. The molecule has 1 aromatic carbocycles. The number of hydrogen-bond acceptors (Lipinski definition) is 1. The number of nitrogens with zero attached hydrogens (tertiary/aromatic N) is 1. The van der Waals surface area contributed by atoms with Gasteiger partial charge in [-0.25, -0.2) is 0 Å². The van der Waals surface area contributed by atoms with E-state index in [0.717, 1.165) is 17.1 Å². The molecule has 2 aliphatic rings. The van der Waals surface area contributed by atoms with Gasteiger partial charge in [0.2, 0.25) is 0 Å². The lowest BCUT2D eigenvalue weighted by molar-refractivity contribution is 0.275. The number of nitrogens with one attached hydrogen (secondary N) is 1. The van der Waals surface area contributed by atoms with E-state index < -0.39 is 0 Å². The van der Waals surface area contributed by atoms with Crippen LogP contribution in [-0.2, 0) is 0 Å².